The Morgan fingerprint density at radius 3 is 2.48 bits per heavy atom. The summed E-state index contributed by atoms with van der Waals surface area (Å²) in [7, 11) is 0. The van der Waals surface area contributed by atoms with Crippen LogP contribution < -0.4 is 5.32 Å². The molecule has 0 spiro atoms. The number of nitrogens with one attached hydrogen (secondary N) is 1. The minimum absolute atomic E-state index is 0.679. The fraction of sp³-hybridized carbons (Fsp3) is 0.316. The summed E-state index contributed by atoms with van der Waals surface area (Å²) in [4.78, 5) is 2.42. The van der Waals surface area contributed by atoms with Crippen LogP contribution in [0.3, 0.4) is 0 Å². The number of nitriles is 1. The lowest BCUT2D eigenvalue weighted by Gasteiger charge is -2.27. The van der Waals surface area contributed by atoms with Crippen molar-refractivity contribution in [3.8, 4) is 6.07 Å². The minimum atomic E-state index is 0.679. The van der Waals surface area contributed by atoms with Gasteiger partial charge in [0.1, 0.15) is 6.07 Å². The van der Waals surface area contributed by atoms with Crippen molar-refractivity contribution in [2.75, 3.05) is 31.6 Å². The molecule has 23 heavy (non-hydrogen) atoms. The predicted molar refractivity (Wildman–Crippen MR) is 91.0 cm³/mol. The van der Waals surface area contributed by atoms with Gasteiger partial charge in [0.05, 0.1) is 24.5 Å². The number of rotatable bonds is 5. The van der Waals surface area contributed by atoms with E-state index in [4.69, 9.17) is 4.74 Å². The van der Waals surface area contributed by atoms with E-state index >= 15 is 0 Å². The van der Waals surface area contributed by atoms with Gasteiger partial charge in [0.25, 0.3) is 0 Å². The first-order valence-electron chi connectivity index (χ1n) is 7.97. The third-order valence-electron chi connectivity index (χ3n) is 4.13. The van der Waals surface area contributed by atoms with E-state index < -0.39 is 0 Å². The van der Waals surface area contributed by atoms with E-state index in [0.29, 0.717) is 5.56 Å². The van der Waals surface area contributed by atoms with Gasteiger partial charge in [0.2, 0.25) is 0 Å². The maximum absolute atomic E-state index is 9.18. The number of hydrogen-bond acceptors (Lipinski definition) is 4. The second kappa shape index (κ2) is 7.77. The molecule has 118 valence electrons. The first-order chi connectivity index (χ1) is 11.4. The largest absolute Gasteiger partial charge is 0.380 e. The van der Waals surface area contributed by atoms with E-state index in [1.54, 1.807) is 0 Å². The van der Waals surface area contributed by atoms with Gasteiger partial charge in [-0.15, -0.1) is 0 Å². The van der Waals surface area contributed by atoms with Crippen LogP contribution in [0.15, 0.2) is 48.5 Å². The quantitative estimate of drug-likeness (QED) is 0.922. The van der Waals surface area contributed by atoms with Crippen LogP contribution in [0.1, 0.15) is 16.7 Å². The molecule has 4 nitrogen and oxygen atoms in total. The fourth-order valence-electron chi connectivity index (χ4n) is 2.81. The van der Waals surface area contributed by atoms with E-state index in [9.17, 15) is 5.26 Å². The van der Waals surface area contributed by atoms with Crippen molar-refractivity contribution in [1.82, 2.24) is 4.90 Å². The van der Waals surface area contributed by atoms with Gasteiger partial charge in [-0.3, -0.25) is 4.90 Å². The number of anilines is 1. The van der Waals surface area contributed by atoms with Crippen LogP contribution >= 0.6 is 0 Å². The number of hydrogen-bond donors (Lipinski definition) is 1. The van der Waals surface area contributed by atoms with Crippen LogP contribution in [0, 0.1) is 11.3 Å². The zero-order valence-corrected chi connectivity index (χ0v) is 13.2. The van der Waals surface area contributed by atoms with Gasteiger partial charge < -0.3 is 10.1 Å². The summed E-state index contributed by atoms with van der Waals surface area (Å²) in [5.74, 6) is 0. The monoisotopic (exact) mass is 307 g/mol. The molecule has 4 heteroatoms. The van der Waals surface area contributed by atoms with Crippen molar-refractivity contribution in [3.05, 3.63) is 65.2 Å². The highest BCUT2D eigenvalue weighted by Crippen LogP contribution is 2.18. The van der Waals surface area contributed by atoms with Crippen molar-refractivity contribution in [2.45, 2.75) is 13.1 Å². The molecule has 2 aromatic carbocycles. The molecule has 0 aliphatic carbocycles. The van der Waals surface area contributed by atoms with Crippen LogP contribution in [-0.4, -0.2) is 31.2 Å². The molecule has 3 rings (SSSR count). The first-order valence-corrected chi connectivity index (χ1v) is 7.97. The van der Waals surface area contributed by atoms with Crippen LogP contribution in [-0.2, 0) is 17.8 Å². The topological polar surface area (TPSA) is 48.3 Å². The molecule has 1 aliphatic rings. The van der Waals surface area contributed by atoms with Crippen molar-refractivity contribution < 1.29 is 4.74 Å². The average Bonchev–Trinajstić information content (AvgIpc) is 2.62. The van der Waals surface area contributed by atoms with Crippen molar-refractivity contribution in [1.29, 1.82) is 5.26 Å². The predicted octanol–water partition coefficient (Wildman–Crippen LogP) is 3.00. The molecule has 1 heterocycles. The van der Waals surface area contributed by atoms with E-state index in [-0.39, 0.29) is 0 Å². The fourth-order valence-corrected chi connectivity index (χ4v) is 2.81. The molecule has 1 saturated heterocycles. The number of morpholine rings is 1. The molecular weight excluding hydrogens is 286 g/mol. The number of ether oxygens (including phenoxy) is 1. The molecule has 1 fully saturated rings. The molecule has 1 aliphatic heterocycles. The second-order valence-electron chi connectivity index (χ2n) is 5.67. The summed E-state index contributed by atoms with van der Waals surface area (Å²) in [5.41, 5.74) is 4.16. The molecule has 0 atom stereocenters. The Kier molecular flexibility index (Phi) is 5.25. The maximum Gasteiger partial charge on any atom is 0.101 e. The van der Waals surface area contributed by atoms with Crippen molar-refractivity contribution in [2.24, 2.45) is 0 Å². The van der Waals surface area contributed by atoms with Gasteiger partial charge in [0.15, 0.2) is 0 Å². The van der Waals surface area contributed by atoms with E-state index in [1.807, 2.05) is 24.3 Å². The maximum atomic E-state index is 9.18. The Hall–Kier alpha value is -2.35. The lowest BCUT2D eigenvalue weighted by atomic mass is 10.1. The highest BCUT2D eigenvalue weighted by molar-refractivity contribution is 5.57. The lowest BCUT2D eigenvalue weighted by Crippen LogP contribution is -2.35. The summed E-state index contributed by atoms with van der Waals surface area (Å²) in [6.45, 7) is 5.27. The number of para-hydroxylation sites is 1. The highest BCUT2D eigenvalue weighted by Gasteiger charge is 2.12. The third-order valence-corrected chi connectivity index (χ3v) is 4.13. The Morgan fingerprint density at radius 1 is 1.00 bits per heavy atom. The van der Waals surface area contributed by atoms with Crippen molar-refractivity contribution in [3.63, 3.8) is 0 Å². The lowest BCUT2D eigenvalue weighted by molar-refractivity contribution is 0.0341. The van der Waals surface area contributed by atoms with E-state index in [0.717, 1.165) is 45.1 Å². The summed E-state index contributed by atoms with van der Waals surface area (Å²) in [6, 6.07) is 18.3. The number of nitrogens with zero attached hydrogens (tertiary/aromatic N) is 2. The molecule has 2 aromatic rings. The van der Waals surface area contributed by atoms with Crippen LogP contribution in [0.25, 0.3) is 0 Å². The molecule has 0 radical (unpaired) electrons. The third kappa shape index (κ3) is 4.10. The zero-order chi connectivity index (χ0) is 15.9. The molecule has 0 saturated carbocycles. The Morgan fingerprint density at radius 2 is 1.70 bits per heavy atom. The SMILES string of the molecule is N#Cc1ccccc1NCc1ccccc1CN1CCOCC1. The number of benzene rings is 2. The Labute approximate surface area is 137 Å². The normalized spacial score (nSPS) is 15.1. The molecule has 0 amide bonds. The molecule has 0 unspecified atom stereocenters. The summed E-state index contributed by atoms with van der Waals surface area (Å²) in [6.07, 6.45) is 0. The Balaban J connectivity index is 1.69. The van der Waals surface area contributed by atoms with Gasteiger partial charge >= 0.3 is 0 Å². The second-order valence-corrected chi connectivity index (χ2v) is 5.67. The van der Waals surface area contributed by atoms with E-state index in [1.165, 1.54) is 11.1 Å². The van der Waals surface area contributed by atoms with Gasteiger partial charge in [0, 0.05) is 26.2 Å². The summed E-state index contributed by atoms with van der Waals surface area (Å²) >= 11 is 0. The van der Waals surface area contributed by atoms with E-state index in [2.05, 4.69) is 40.6 Å². The van der Waals surface area contributed by atoms with Crippen LogP contribution in [0.4, 0.5) is 5.69 Å². The van der Waals surface area contributed by atoms with Gasteiger partial charge in [-0.05, 0) is 23.3 Å². The molecule has 0 aromatic heterocycles. The molecule has 1 N–H and O–H groups in total. The highest BCUT2D eigenvalue weighted by atomic mass is 16.5. The molecular formula is C19H21N3O. The smallest absolute Gasteiger partial charge is 0.101 e. The molecule has 0 bridgehead atoms. The summed E-state index contributed by atoms with van der Waals surface area (Å²) in [5, 5.41) is 12.6. The minimum Gasteiger partial charge on any atom is -0.380 e. The van der Waals surface area contributed by atoms with Crippen LogP contribution in [0.5, 0.6) is 0 Å². The van der Waals surface area contributed by atoms with Gasteiger partial charge in [-0.2, -0.15) is 5.26 Å². The van der Waals surface area contributed by atoms with Gasteiger partial charge in [-0.25, -0.2) is 0 Å². The van der Waals surface area contributed by atoms with Gasteiger partial charge in [-0.1, -0.05) is 36.4 Å². The Bertz CT molecular complexity index is 687. The first kappa shape index (κ1) is 15.5. The summed E-state index contributed by atoms with van der Waals surface area (Å²) < 4.78 is 5.41. The average molecular weight is 307 g/mol. The zero-order valence-electron chi connectivity index (χ0n) is 13.2. The van der Waals surface area contributed by atoms with Crippen molar-refractivity contribution >= 4 is 5.69 Å². The van der Waals surface area contributed by atoms with Crippen LogP contribution in [0.2, 0.25) is 0 Å². The standard InChI is InChI=1S/C19H21N3O/c20-13-16-5-3-4-8-19(16)21-14-17-6-1-2-7-18(17)15-22-9-11-23-12-10-22/h1-8,21H,9-12,14-15H2.